The fourth-order valence-electron chi connectivity index (χ4n) is 0.511. The van der Waals surface area contributed by atoms with Gasteiger partial charge in [-0.3, -0.25) is 14.9 Å². The van der Waals surface area contributed by atoms with E-state index in [1.165, 1.54) is 11.1 Å². The molecule has 0 spiro atoms. The lowest BCUT2D eigenvalue weighted by Crippen LogP contribution is -2.13. The number of nitro groups is 1. The van der Waals surface area contributed by atoms with Crippen LogP contribution in [0.3, 0.4) is 0 Å². The maximum absolute atomic E-state index is 10.6. The van der Waals surface area contributed by atoms with Crippen molar-refractivity contribution in [2.75, 3.05) is 14.1 Å². The number of allylic oxidation sites excluding steroid dienone is 1. The van der Waals surface area contributed by atoms with Gasteiger partial charge in [-0.1, -0.05) is 0 Å². The molecule has 0 aliphatic carbocycles. The molecule has 0 aliphatic heterocycles. The second-order valence-electron chi connectivity index (χ2n) is 2.29. The van der Waals surface area contributed by atoms with Crippen LogP contribution >= 0.6 is 0 Å². The van der Waals surface area contributed by atoms with Gasteiger partial charge in [-0.15, -0.1) is 0 Å². The van der Waals surface area contributed by atoms with E-state index >= 15 is 0 Å². The Morgan fingerprint density at radius 3 is 2.09 bits per heavy atom. The van der Waals surface area contributed by atoms with Gasteiger partial charge in [-0.2, -0.15) is 0 Å². The minimum atomic E-state index is -0.692. The first-order valence-electron chi connectivity index (χ1n) is 2.98. The fourth-order valence-corrected chi connectivity index (χ4v) is 0.511. The molecule has 0 N–H and O–H groups in total. The molecule has 11 heavy (non-hydrogen) atoms. The van der Waals surface area contributed by atoms with Crippen LogP contribution in [-0.2, 0) is 4.79 Å². The molecule has 5 heteroatoms. The van der Waals surface area contributed by atoms with E-state index in [1.807, 2.05) is 0 Å². The van der Waals surface area contributed by atoms with Gasteiger partial charge in [0, 0.05) is 21.0 Å². The SMILES string of the molecule is CC(=O)/C(=C\N(C)C)[N+](=O)[O-]. The van der Waals surface area contributed by atoms with Gasteiger partial charge in [-0.25, -0.2) is 0 Å². The Bertz CT molecular complexity index is 192. The summed E-state index contributed by atoms with van der Waals surface area (Å²) >= 11 is 0. The zero-order valence-electron chi connectivity index (χ0n) is 6.70. The molecule has 0 aliphatic rings. The maximum atomic E-state index is 10.6. The molecule has 0 unspecified atom stereocenters. The average molecular weight is 158 g/mol. The summed E-state index contributed by atoms with van der Waals surface area (Å²) < 4.78 is 0. The molecule has 0 heterocycles. The summed E-state index contributed by atoms with van der Waals surface area (Å²) in [6.45, 7) is 1.16. The van der Waals surface area contributed by atoms with Crippen LogP contribution in [0.4, 0.5) is 0 Å². The van der Waals surface area contributed by atoms with Crippen molar-refractivity contribution in [3.8, 4) is 0 Å². The monoisotopic (exact) mass is 158 g/mol. The molecule has 5 nitrogen and oxygen atoms in total. The largest absolute Gasteiger partial charge is 0.378 e. The van der Waals surface area contributed by atoms with Gasteiger partial charge in [0.2, 0.25) is 5.78 Å². The average Bonchev–Trinajstić information content (AvgIpc) is 1.81. The topological polar surface area (TPSA) is 63.5 Å². The smallest absolute Gasteiger partial charge is 0.327 e. The van der Waals surface area contributed by atoms with Crippen molar-refractivity contribution in [2.45, 2.75) is 6.92 Å². The standard InChI is InChI=1S/C6H10N2O3/c1-5(9)6(8(10)11)4-7(2)3/h4H,1-3H3/b6-4+. The van der Waals surface area contributed by atoms with Crippen LogP contribution in [0.15, 0.2) is 11.9 Å². The summed E-state index contributed by atoms with van der Waals surface area (Å²) in [5, 5.41) is 10.2. The first-order chi connectivity index (χ1) is 4.95. The van der Waals surface area contributed by atoms with E-state index < -0.39 is 16.4 Å². The lowest BCUT2D eigenvalue weighted by molar-refractivity contribution is -0.419. The van der Waals surface area contributed by atoms with Crippen LogP contribution < -0.4 is 0 Å². The fraction of sp³-hybridized carbons (Fsp3) is 0.500. The third kappa shape index (κ3) is 3.34. The van der Waals surface area contributed by atoms with Crippen LogP contribution in [0.25, 0.3) is 0 Å². The van der Waals surface area contributed by atoms with Crippen LogP contribution in [-0.4, -0.2) is 29.7 Å². The third-order valence-electron chi connectivity index (χ3n) is 0.938. The van der Waals surface area contributed by atoms with E-state index in [0.29, 0.717) is 0 Å². The third-order valence-corrected chi connectivity index (χ3v) is 0.938. The van der Waals surface area contributed by atoms with E-state index in [9.17, 15) is 14.9 Å². The molecule has 0 bridgehead atoms. The molecule has 0 aromatic rings. The summed E-state index contributed by atoms with van der Waals surface area (Å²) in [7, 11) is 3.24. The molecule has 0 fully saturated rings. The van der Waals surface area contributed by atoms with Crippen molar-refractivity contribution in [2.24, 2.45) is 0 Å². The zero-order valence-corrected chi connectivity index (χ0v) is 6.70. The first kappa shape index (κ1) is 9.61. The molecule has 0 atom stereocenters. The van der Waals surface area contributed by atoms with Crippen molar-refractivity contribution in [3.05, 3.63) is 22.0 Å². The highest BCUT2D eigenvalue weighted by Crippen LogP contribution is 1.97. The number of rotatable bonds is 3. The molecule has 62 valence electrons. The summed E-state index contributed by atoms with van der Waals surface area (Å²) in [6.07, 6.45) is 1.18. The lowest BCUT2D eigenvalue weighted by Gasteiger charge is -2.02. The van der Waals surface area contributed by atoms with Crippen LogP contribution in [0.1, 0.15) is 6.92 Å². The normalized spacial score (nSPS) is 11.0. The van der Waals surface area contributed by atoms with Crippen molar-refractivity contribution in [1.82, 2.24) is 4.90 Å². The summed E-state index contributed by atoms with van der Waals surface area (Å²) in [6, 6.07) is 0. The van der Waals surface area contributed by atoms with E-state index in [1.54, 1.807) is 14.1 Å². The van der Waals surface area contributed by atoms with E-state index in [-0.39, 0.29) is 0 Å². The van der Waals surface area contributed by atoms with Gasteiger partial charge in [-0.05, 0) is 0 Å². The zero-order chi connectivity index (χ0) is 9.02. The quantitative estimate of drug-likeness (QED) is 0.335. The summed E-state index contributed by atoms with van der Waals surface area (Å²) in [5.74, 6) is -0.538. The Balaban J connectivity index is 4.60. The first-order valence-corrected chi connectivity index (χ1v) is 2.98. The lowest BCUT2D eigenvalue weighted by atomic mass is 10.3. The highest BCUT2D eigenvalue weighted by Gasteiger charge is 2.16. The van der Waals surface area contributed by atoms with Gasteiger partial charge in [0.1, 0.15) is 0 Å². The molecule has 0 saturated heterocycles. The maximum Gasteiger partial charge on any atom is 0.327 e. The number of hydrogen-bond donors (Lipinski definition) is 0. The Morgan fingerprint density at radius 1 is 1.55 bits per heavy atom. The molecule has 0 aromatic carbocycles. The van der Waals surface area contributed by atoms with Crippen LogP contribution in [0.5, 0.6) is 0 Å². The van der Waals surface area contributed by atoms with E-state index in [0.717, 1.165) is 6.92 Å². The van der Waals surface area contributed by atoms with Gasteiger partial charge in [0.15, 0.2) is 0 Å². The molecule has 0 rings (SSSR count). The Hall–Kier alpha value is -1.39. The van der Waals surface area contributed by atoms with Gasteiger partial charge in [0.05, 0.1) is 11.1 Å². The minimum absolute atomic E-state index is 0.394. The van der Waals surface area contributed by atoms with Crippen molar-refractivity contribution >= 4 is 5.78 Å². The number of carbonyl (C=O) groups is 1. The molecule has 0 saturated carbocycles. The predicted octanol–water partition coefficient (Wildman–Crippen LogP) is 0.255. The van der Waals surface area contributed by atoms with Crippen LogP contribution in [0.2, 0.25) is 0 Å². The molecule has 0 aromatic heterocycles. The number of carbonyl (C=O) groups excluding carboxylic acids is 1. The number of nitrogens with zero attached hydrogens (tertiary/aromatic N) is 2. The summed E-state index contributed by atoms with van der Waals surface area (Å²) in [4.78, 5) is 21.5. The highest BCUT2D eigenvalue weighted by molar-refractivity contribution is 5.90. The van der Waals surface area contributed by atoms with E-state index in [2.05, 4.69) is 0 Å². The highest BCUT2D eigenvalue weighted by atomic mass is 16.6. The molecule has 0 radical (unpaired) electrons. The Kier molecular flexibility index (Phi) is 3.23. The van der Waals surface area contributed by atoms with Crippen molar-refractivity contribution in [1.29, 1.82) is 0 Å². The number of Topliss-reactive ketones (excluding diaryl/α,β-unsaturated/α-hetero) is 1. The van der Waals surface area contributed by atoms with Crippen LogP contribution in [0, 0.1) is 10.1 Å². The Morgan fingerprint density at radius 2 is 2.00 bits per heavy atom. The number of hydrogen-bond acceptors (Lipinski definition) is 4. The van der Waals surface area contributed by atoms with E-state index in [4.69, 9.17) is 0 Å². The van der Waals surface area contributed by atoms with Gasteiger partial charge >= 0.3 is 5.70 Å². The summed E-state index contributed by atoms with van der Waals surface area (Å²) in [5.41, 5.74) is -0.394. The molecule has 0 amide bonds. The second-order valence-corrected chi connectivity index (χ2v) is 2.29. The molecular formula is C6H10N2O3. The predicted molar refractivity (Wildman–Crippen MR) is 39.4 cm³/mol. The van der Waals surface area contributed by atoms with Crippen molar-refractivity contribution < 1.29 is 9.72 Å². The van der Waals surface area contributed by atoms with Gasteiger partial charge < -0.3 is 4.90 Å². The second kappa shape index (κ2) is 3.70. The van der Waals surface area contributed by atoms with Crippen molar-refractivity contribution in [3.63, 3.8) is 0 Å². The Labute approximate surface area is 64.4 Å². The number of ketones is 1. The molecular weight excluding hydrogens is 148 g/mol. The minimum Gasteiger partial charge on any atom is -0.378 e. The van der Waals surface area contributed by atoms with Gasteiger partial charge in [0.25, 0.3) is 0 Å².